The molecule has 0 aliphatic rings. The van der Waals surface area contributed by atoms with E-state index in [0.29, 0.717) is 12.4 Å². The zero-order chi connectivity index (χ0) is 15.5. The van der Waals surface area contributed by atoms with Crippen molar-refractivity contribution in [1.82, 2.24) is 14.7 Å². The largest absolute Gasteiger partial charge is 0.398 e. The van der Waals surface area contributed by atoms with Crippen LogP contribution < -0.4 is 15.8 Å². The molecule has 0 spiro atoms. The first-order valence-electron chi connectivity index (χ1n) is 6.28. The molecule has 2 rings (SSSR count). The van der Waals surface area contributed by atoms with Gasteiger partial charge in [-0.2, -0.15) is 0 Å². The van der Waals surface area contributed by atoms with Gasteiger partial charge in [-0.05, 0) is 38.2 Å². The number of aromatic nitrogens is 2. The number of benzene rings is 1. The Balaban J connectivity index is 2.14. The SMILES string of the molecule is CNS(=O)(=O)c1ccc(NCc2ccnc(C)n2)cc1N. The number of hydrogen-bond acceptors (Lipinski definition) is 6. The fourth-order valence-corrected chi connectivity index (χ4v) is 2.65. The molecule has 1 heterocycles. The Hall–Kier alpha value is -2.19. The lowest BCUT2D eigenvalue weighted by Gasteiger charge is -2.10. The molecule has 0 radical (unpaired) electrons. The summed E-state index contributed by atoms with van der Waals surface area (Å²) in [6.45, 7) is 2.32. The zero-order valence-corrected chi connectivity index (χ0v) is 12.6. The second-order valence-corrected chi connectivity index (χ2v) is 6.26. The summed E-state index contributed by atoms with van der Waals surface area (Å²) in [5.41, 5.74) is 7.54. The Labute approximate surface area is 123 Å². The van der Waals surface area contributed by atoms with Crippen LogP contribution in [0.1, 0.15) is 11.5 Å². The van der Waals surface area contributed by atoms with E-state index in [1.165, 1.54) is 13.1 Å². The van der Waals surface area contributed by atoms with Crippen LogP contribution in [0.5, 0.6) is 0 Å². The minimum absolute atomic E-state index is 0.0634. The number of nitrogens with one attached hydrogen (secondary N) is 2. The van der Waals surface area contributed by atoms with E-state index in [1.54, 1.807) is 18.3 Å². The van der Waals surface area contributed by atoms with Gasteiger partial charge in [0.15, 0.2) is 0 Å². The molecule has 0 atom stereocenters. The van der Waals surface area contributed by atoms with E-state index < -0.39 is 10.0 Å². The highest BCUT2D eigenvalue weighted by atomic mass is 32.2. The lowest BCUT2D eigenvalue weighted by atomic mass is 10.2. The van der Waals surface area contributed by atoms with Crippen LogP contribution in [0.4, 0.5) is 11.4 Å². The lowest BCUT2D eigenvalue weighted by Crippen LogP contribution is -2.20. The van der Waals surface area contributed by atoms with Crippen LogP contribution in [0.15, 0.2) is 35.4 Å². The maximum Gasteiger partial charge on any atom is 0.242 e. The minimum atomic E-state index is -3.54. The molecule has 0 bridgehead atoms. The summed E-state index contributed by atoms with van der Waals surface area (Å²) in [7, 11) is -2.20. The minimum Gasteiger partial charge on any atom is -0.398 e. The summed E-state index contributed by atoms with van der Waals surface area (Å²) in [5, 5.41) is 3.14. The van der Waals surface area contributed by atoms with Gasteiger partial charge in [-0.3, -0.25) is 0 Å². The summed E-state index contributed by atoms with van der Waals surface area (Å²) < 4.78 is 25.7. The monoisotopic (exact) mass is 307 g/mol. The van der Waals surface area contributed by atoms with Crippen molar-refractivity contribution in [2.75, 3.05) is 18.1 Å². The number of rotatable bonds is 5. The number of nitrogens with two attached hydrogens (primary N) is 1. The molecule has 21 heavy (non-hydrogen) atoms. The van der Waals surface area contributed by atoms with Crippen LogP contribution in [0.25, 0.3) is 0 Å². The Kier molecular flexibility index (Phi) is 4.39. The third-order valence-electron chi connectivity index (χ3n) is 2.88. The quantitative estimate of drug-likeness (QED) is 0.708. The van der Waals surface area contributed by atoms with Gasteiger partial charge in [-0.1, -0.05) is 0 Å². The van der Waals surface area contributed by atoms with Gasteiger partial charge >= 0.3 is 0 Å². The van der Waals surface area contributed by atoms with Crippen LogP contribution in [0.3, 0.4) is 0 Å². The van der Waals surface area contributed by atoms with Gasteiger partial charge in [0.1, 0.15) is 10.7 Å². The molecule has 1 aromatic heterocycles. The molecule has 0 aliphatic heterocycles. The van der Waals surface area contributed by atoms with Gasteiger partial charge in [-0.15, -0.1) is 0 Å². The van der Waals surface area contributed by atoms with E-state index in [-0.39, 0.29) is 10.6 Å². The number of anilines is 2. The number of hydrogen-bond donors (Lipinski definition) is 3. The van der Waals surface area contributed by atoms with E-state index in [2.05, 4.69) is 20.0 Å². The molecule has 0 aliphatic carbocycles. The van der Waals surface area contributed by atoms with Crippen molar-refractivity contribution in [1.29, 1.82) is 0 Å². The van der Waals surface area contributed by atoms with Crippen molar-refractivity contribution >= 4 is 21.4 Å². The summed E-state index contributed by atoms with van der Waals surface area (Å²) in [6.07, 6.45) is 1.69. The van der Waals surface area contributed by atoms with E-state index in [4.69, 9.17) is 5.73 Å². The predicted molar refractivity (Wildman–Crippen MR) is 81.2 cm³/mol. The maximum absolute atomic E-state index is 11.7. The standard InChI is InChI=1S/C13H17N5O2S/c1-9-16-6-5-11(18-9)8-17-10-3-4-13(12(14)7-10)21(19,20)15-2/h3-7,15,17H,8,14H2,1-2H3. The molecular weight excluding hydrogens is 290 g/mol. The van der Waals surface area contributed by atoms with Crippen molar-refractivity contribution in [3.05, 3.63) is 42.0 Å². The average molecular weight is 307 g/mol. The number of aryl methyl sites for hydroxylation is 1. The Morgan fingerprint density at radius 1 is 1.29 bits per heavy atom. The second-order valence-electron chi connectivity index (χ2n) is 4.41. The van der Waals surface area contributed by atoms with Crippen molar-refractivity contribution in [2.24, 2.45) is 0 Å². The molecular formula is C13H17N5O2S. The van der Waals surface area contributed by atoms with Gasteiger partial charge in [0.05, 0.1) is 17.9 Å². The molecule has 0 saturated heterocycles. The normalized spacial score (nSPS) is 11.3. The topological polar surface area (TPSA) is 110 Å². The van der Waals surface area contributed by atoms with Crippen LogP contribution in [0.2, 0.25) is 0 Å². The smallest absolute Gasteiger partial charge is 0.242 e. The number of nitrogen functional groups attached to an aromatic ring is 1. The molecule has 1 aromatic carbocycles. The summed E-state index contributed by atoms with van der Waals surface area (Å²) >= 11 is 0. The first-order chi connectivity index (χ1) is 9.92. The number of nitrogens with zero attached hydrogens (tertiary/aromatic N) is 2. The van der Waals surface area contributed by atoms with Crippen LogP contribution in [0, 0.1) is 6.92 Å². The Morgan fingerprint density at radius 3 is 2.67 bits per heavy atom. The molecule has 8 heteroatoms. The van der Waals surface area contributed by atoms with Crippen molar-refractivity contribution in [2.45, 2.75) is 18.4 Å². The highest BCUT2D eigenvalue weighted by Gasteiger charge is 2.15. The van der Waals surface area contributed by atoms with Crippen LogP contribution in [-0.2, 0) is 16.6 Å². The molecule has 0 fully saturated rings. The third-order valence-corrected chi connectivity index (χ3v) is 4.36. The van der Waals surface area contributed by atoms with E-state index in [9.17, 15) is 8.42 Å². The molecule has 112 valence electrons. The van der Waals surface area contributed by atoms with E-state index in [1.807, 2.05) is 13.0 Å². The van der Waals surface area contributed by atoms with Gasteiger partial charge in [0.2, 0.25) is 10.0 Å². The Morgan fingerprint density at radius 2 is 2.05 bits per heavy atom. The Bertz CT molecular complexity index is 746. The average Bonchev–Trinajstić information content (AvgIpc) is 2.45. The van der Waals surface area contributed by atoms with Crippen LogP contribution in [-0.4, -0.2) is 25.4 Å². The lowest BCUT2D eigenvalue weighted by molar-refractivity contribution is 0.588. The maximum atomic E-state index is 11.7. The molecule has 0 amide bonds. The number of sulfonamides is 1. The van der Waals surface area contributed by atoms with Crippen molar-refractivity contribution < 1.29 is 8.42 Å². The van der Waals surface area contributed by atoms with E-state index >= 15 is 0 Å². The molecule has 0 saturated carbocycles. The summed E-state index contributed by atoms with van der Waals surface area (Å²) in [4.78, 5) is 8.36. The van der Waals surface area contributed by atoms with Crippen LogP contribution >= 0.6 is 0 Å². The van der Waals surface area contributed by atoms with Gasteiger partial charge < -0.3 is 11.1 Å². The third kappa shape index (κ3) is 3.67. The molecule has 4 N–H and O–H groups in total. The summed E-state index contributed by atoms with van der Waals surface area (Å²) in [6, 6.07) is 6.52. The van der Waals surface area contributed by atoms with Gasteiger partial charge in [-0.25, -0.2) is 23.1 Å². The van der Waals surface area contributed by atoms with Gasteiger partial charge in [0.25, 0.3) is 0 Å². The van der Waals surface area contributed by atoms with Crippen molar-refractivity contribution in [3.8, 4) is 0 Å². The van der Waals surface area contributed by atoms with E-state index in [0.717, 1.165) is 11.4 Å². The second kappa shape index (κ2) is 6.06. The first kappa shape index (κ1) is 15.2. The molecule has 7 nitrogen and oxygen atoms in total. The highest BCUT2D eigenvalue weighted by Crippen LogP contribution is 2.22. The summed E-state index contributed by atoms with van der Waals surface area (Å²) in [5.74, 6) is 0.698. The first-order valence-corrected chi connectivity index (χ1v) is 7.76. The molecule has 0 unspecified atom stereocenters. The highest BCUT2D eigenvalue weighted by molar-refractivity contribution is 7.89. The fraction of sp³-hybridized carbons (Fsp3) is 0.231. The molecule has 2 aromatic rings. The fourth-order valence-electron chi connectivity index (χ4n) is 1.81. The van der Waals surface area contributed by atoms with Crippen molar-refractivity contribution in [3.63, 3.8) is 0 Å². The zero-order valence-electron chi connectivity index (χ0n) is 11.8. The predicted octanol–water partition coefficient (Wildman–Crippen LogP) is 0.887. The van der Waals surface area contributed by atoms with Gasteiger partial charge in [0, 0.05) is 11.9 Å².